The van der Waals surface area contributed by atoms with Gasteiger partial charge in [-0.25, -0.2) is 13.8 Å². The minimum Gasteiger partial charge on any atom is -0.383 e. The molecular formula is C24H19F5N4O2. The Kier molecular flexibility index (Phi) is 6.70. The standard InChI is InChI=1S/C24H19F5N4O2/c1-35-9-8-30-20-12-18(24(27,28)29)22-19(34)13-21(31-16-6-2-4-14(25)10-16)33(23(22)32-20)17-7-3-5-15(26)11-17/h2-7,10-13,31H,8-9H2,1H3,(H,30,32). The summed E-state index contributed by atoms with van der Waals surface area (Å²) < 4.78 is 76.0. The highest BCUT2D eigenvalue weighted by Gasteiger charge is 2.35. The fraction of sp³-hybridized carbons (Fsp3) is 0.167. The van der Waals surface area contributed by atoms with Gasteiger partial charge >= 0.3 is 6.18 Å². The topological polar surface area (TPSA) is 68.2 Å². The number of hydrogen-bond acceptors (Lipinski definition) is 5. The van der Waals surface area contributed by atoms with Crippen molar-refractivity contribution in [1.82, 2.24) is 9.55 Å². The molecule has 0 saturated heterocycles. The number of anilines is 3. The lowest BCUT2D eigenvalue weighted by molar-refractivity contribution is -0.136. The van der Waals surface area contributed by atoms with Crippen LogP contribution in [0.25, 0.3) is 16.7 Å². The lowest BCUT2D eigenvalue weighted by atomic mass is 10.1. The maximum atomic E-state index is 14.1. The number of alkyl halides is 3. The molecule has 0 aliphatic rings. The Balaban J connectivity index is 2.05. The molecule has 0 aliphatic heterocycles. The average molecular weight is 490 g/mol. The summed E-state index contributed by atoms with van der Waals surface area (Å²) in [6.07, 6.45) is -4.88. The first-order chi connectivity index (χ1) is 16.7. The molecule has 0 aliphatic carbocycles. The number of halogens is 5. The number of rotatable bonds is 7. The molecular weight excluding hydrogens is 471 g/mol. The maximum Gasteiger partial charge on any atom is 0.417 e. The van der Waals surface area contributed by atoms with Crippen LogP contribution in [0.3, 0.4) is 0 Å². The van der Waals surface area contributed by atoms with Crippen LogP contribution in [-0.4, -0.2) is 29.8 Å². The lowest BCUT2D eigenvalue weighted by Crippen LogP contribution is -2.20. The molecule has 2 N–H and O–H groups in total. The molecule has 2 aromatic heterocycles. The molecule has 0 spiro atoms. The summed E-state index contributed by atoms with van der Waals surface area (Å²) in [4.78, 5) is 17.2. The van der Waals surface area contributed by atoms with Crippen molar-refractivity contribution in [3.8, 4) is 5.69 Å². The van der Waals surface area contributed by atoms with Gasteiger partial charge in [0.1, 0.15) is 23.3 Å². The number of pyridine rings is 2. The second kappa shape index (κ2) is 9.71. The molecule has 4 rings (SSSR count). The number of hydrogen-bond donors (Lipinski definition) is 2. The van der Waals surface area contributed by atoms with E-state index >= 15 is 0 Å². The van der Waals surface area contributed by atoms with Crippen molar-refractivity contribution < 1.29 is 26.7 Å². The second-order valence-electron chi connectivity index (χ2n) is 7.52. The molecule has 0 unspecified atom stereocenters. The summed E-state index contributed by atoms with van der Waals surface area (Å²) in [6, 6.07) is 12.0. The molecule has 0 amide bonds. The lowest BCUT2D eigenvalue weighted by Gasteiger charge is -2.20. The van der Waals surface area contributed by atoms with Gasteiger partial charge in [0.05, 0.1) is 23.2 Å². The molecule has 0 radical (unpaired) electrons. The van der Waals surface area contributed by atoms with Crippen LogP contribution < -0.4 is 16.1 Å². The van der Waals surface area contributed by atoms with E-state index in [0.717, 1.165) is 24.3 Å². The summed E-state index contributed by atoms with van der Waals surface area (Å²) in [6.45, 7) is 0.344. The zero-order valence-electron chi connectivity index (χ0n) is 18.3. The van der Waals surface area contributed by atoms with Crippen LogP contribution in [0.1, 0.15) is 5.56 Å². The minimum absolute atomic E-state index is 0.0339. The first kappa shape index (κ1) is 24.1. The third kappa shape index (κ3) is 5.24. The van der Waals surface area contributed by atoms with Gasteiger partial charge in [0, 0.05) is 25.4 Å². The molecule has 11 heteroatoms. The van der Waals surface area contributed by atoms with E-state index < -0.39 is 34.2 Å². The number of aromatic nitrogens is 2. The van der Waals surface area contributed by atoms with Crippen LogP contribution >= 0.6 is 0 Å². The van der Waals surface area contributed by atoms with Gasteiger partial charge in [-0.3, -0.25) is 9.36 Å². The third-order valence-corrected chi connectivity index (χ3v) is 5.05. The highest BCUT2D eigenvalue weighted by molar-refractivity contribution is 5.86. The van der Waals surface area contributed by atoms with Crippen molar-refractivity contribution in [3.63, 3.8) is 0 Å². The average Bonchev–Trinajstić information content (AvgIpc) is 2.78. The monoisotopic (exact) mass is 490 g/mol. The number of fused-ring (bicyclic) bond motifs is 1. The Morgan fingerprint density at radius 2 is 1.71 bits per heavy atom. The Morgan fingerprint density at radius 3 is 2.37 bits per heavy atom. The first-order valence-electron chi connectivity index (χ1n) is 10.4. The Labute approximate surface area is 196 Å². The van der Waals surface area contributed by atoms with Gasteiger partial charge in [-0.15, -0.1) is 0 Å². The van der Waals surface area contributed by atoms with Crippen LogP contribution in [0.4, 0.5) is 39.3 Å². The highest BCUT2D eigenvalue weighted by atomic mass is 19.4. The minimum atomic E-state index is -4.88. The van der Waals surface area contributed by atoms with E-state index in [-0.39, 0.29) is 41.8 Å². The van der Waals surface area contributed by atoms with Gasteiger partial charge < -0.3 is 15.4 Å². The molecule has 35 heavy (non-hydrogen) atoms. The molecule has 2 heterocycles. The van der Waals surface area contributed by atoms with Crippen LogP contribution in [-0.2, 0) is 10.9 Å². The number of nitrogens with one attached hydrogen (secondary N) is 2. The quantitative estimate of drug-likeness (QED) is 0.265. The van der Waals surface area contributed by atoms with Gasteiger partial charge in [-0.1, -0.05) is 12.1 Å². The normalized spacial score (nSPS) is 11.6. The maximum absolute atomic E-state index is 14.1. The number of ether oxygens (including phenoxy) is 1. The van der Waals surface area contributed by atoms with Gasteiger partial charge in [0.2, 0.25) is 0 Å². The van der Waals surface area contributed by atoms with Crippen LogP contribution in [0.2, 0.25) is 0 Å². The Bertz CT molecular complexity index is 1440. The smallest absolute Gasteiger partial charge is 0.383 e. The molecule has 0 atom stereocenters. The molecule has 182 valence electrons. The predicted molar refractivity (Wildman–Crippen MR) is 122 cm³/mol. The van der Waals surface area contributed by atoms with Gasteiger partial charge in [-0.05, 0) is 42.5 Å². The highest BCUT2D eigenvalue weighted by Crippen LogP contribution is 2.36. The fourth-order valence-electron chi connectivity index (χ4n) is 3.59. The van der Waals surface area contributed by atoms with E-state index in [1.54, 1.807) is 0 Å². The van der Waals surface area contributed by atoms with E-state index in [4.69, 9.17) is 4.74 Å². The summed E-state index contributed by atoms with van der Waals surface area (Å²) >= 11 is 0. The first-order valence-corrected chi connectivity index (χ1v) is 10.4. The fourth-order valence-corrected chi connectivity index (χ4v) is 3.59. The van der Waals surface area contributed by atoms with Crippen molar-refractivity contribution >= 4 is 28.4 Å². The van der Waals surface area contributed by atoms with Crippen molar-refractivity contribution in [2.24, 2.45) is 0 Å². The zero-order valence-corrected chi connectivity index (χ0v) is 18.3. The molecule has 4 aromatic rings. The second-order valence-corrected chi connectivity index (χ2v) is 7.52. The summed E-state index contributed by atoms with van der Waals surface area (Å²) in [5, 5.41) is 4.88. The van der Waals surface area contributed by atoms with E-state index in [2.05, 4.69) is 15.6 Å². The van der Waals surface area contributed by atoms with E-state index in [1.807, 2.05) is 0 Å². The third-order valence-electron chi connectivity index (χ3n) is 5.05. The Morgan fingerprint density at radius 1 is 1.00 bits per heavy atom. The van der Waals surface area contributed by atoms with E-state index in [0.29, 0.717) is 0 Å². The van der Waals surface area contributed by atoms with Crippen LogP contribution in [0.5, 0.6) is 0 Å². The van der Waals surface area contributed by atoms with Crippen molar-refractivity contribution in [1.29, 1.82) is 0 Å². The van der Waals surface area contributed by atoms with Crippen molar-refractivity contribution in [2.45, 2.75) is 6.18 Å². The summed E-state index contributed by atoms with van der Waals surface area (Å²) in [5.41, 5.74) is -2.20. The SMILES string of the molecule is COCCNc1cc(C(F)(F)F)c2c(=O)cc(Nc3cccc(F)c3)n(-c3cccc(F)c3)c2n1. The molecule has 0 saturated carbocycles. The zero-order chi connectivity index (χ0) is 25.2. The van der Waals surface area contributed by atoms with Crippen LogP contribution in [0.15, 0.2) is 65.5 Å². The number of methoxy groups -OCH3 is 1. The van der Waals surface area contributed by atoms with Gasteiger partial charge in [0.15, 0.2) is 11.1 Å². The van der Waals surface area contributed by atoms with Crippen molar-refractivity contribution in [3.05, 3.63) is 88.1 Å². The summed E-state index contributed by atoms with van der Waals surface area (Å²) in [7, 11) is 1.43. The number of benzene rings is 2. The Hall–Kier alpha value is -3.99. The molecule has 0 fully saturated rings. The molecule has 0 bridgehead atoms. The van der Waals surface area contributed by atoms with E-state index in [9.17, 15) is 26.7 Å². The predicted octanol–water partition coefficient (Wildman–Crippen LogP) is 5.48. The summed E-state index contributed by atoms with van der Waals surface area (Å²) in [5.74, 6) is -1.42. The van der Waals surface area contributed by atoms with Gasteiger partial charge in [-0.2, -0.15) is 13.2 Å². The van der Waals surface area contributed by atoms with E-state index in [1.165, 1.54) is 48.1 Å². The number of nitrogens with zero attached hydrogens (tertiary/aromatic N) is 2. The molecule has 2 aromatic carbocycles. The van der Waals surface area contributed by atoms with Gasteiger partial charge in [0.25, 0.3) is 0 Å². The van der Waals surface area contributed by atoms with Crippen LogP contribution in [0, 0.1) is 11.6 Å². The molecule has 6 nitrogen and oxygen atoms in total. The largest absolute Gasteiger partial charge is 0.417 e. The van der Waals surface area contributed by atoms with Crippen molar-refractivity contribution in [2.75, 3.05) is 30.9 Å².